The Morgan fingerprint density at radius 2 is 1.84 bits per heavy atom. The molecule has 0 radical (unpaired) electrons. The van der Waals surface area contributed by atoms with Crippen LogP contribution in [0.25, 0.3) is 0 Å². The van der Waals surface area contributed by atoms with Crippen molar-refractivity contribution in [3.8, 4) is 5.75 Å². The molecule has 0 bridgehead atoms. The molecule has 6 heteroatoms. The normalized spacial score (nSPS) is 11.7. The van der Waals surface area contributed by atoms with Crippen LogP contribution in [0.15, 0.2) is 34.7 Å². The largest absolute Gasteiger partial charge is 0.481 e. The third kappa shape index (κ3) is 4.62. The van der Waals surface area contributed by atoms with Gasteiger partial charge in [-0.2, -0.15) is 0 Å². The van der Waals surface area contributed by atoms with Gasteiger partial charge in [0, 0.05) is 7.05 Å². The summed E-state index contributed by atoms with van der Waals surface area (Å²) < 4.78 is 15.9. The van der Waals surface area contributed by atoms with Crippen LogP contribution in [0.3, 0.4) is 0 Å². The number of ether oxygens (including phenoxy) is 2. The number of hydrogen-bond acceptors (Lipinski definition) is 5. The minimum Gasteiger partial charge on any atom is -0.481 e. The summed E-state index contributed by atoms with van der Waals surface area (Å²) in [6.45, 7) is 5.60. The van der Waals surface area contributed by atoms with Crippen molar-refractivity contribution in [3.05, 3.63) is 53.0 Å². The van der Waals surface area contributed by atoms with Crippen molar-refractivity contribution >= 4 is 11.9 Å². The van der Waals surface area contributed by atoms with E-state index in [4.69, 9.17) is 13.9 Å². The number of methoxy groups -OCH3 is 1. The number of carbonyl (C=O) groups is 2. The molecule has 1 aromatic carbocycles. The SMILES string of the molecule is COC(=O)c1cc(CN(C)C(=O)C(C)Oc2ccc(C)cc2)oc1C. The number of nitrogens with zero attached hydrogens (tertiary/aromatic N) is 1. The zero-order chi connectivity index (χ0) is 18.6. The predicted octanol–water partition coefficient (Wildman–Crippen LogP) is 3.11. The van der Waals surface area contributed by atoms with E-state index in [0.717, 1.165) is 5.56 Å². The minimum absolute atomic E-state index is 0.186. The fraction of sp³-hybridized carbons (Fsp3) is 0.368. The molecule has 0 aliphatic rings. The Morgan fingerprint density at radius 1 is 1.20 bits per heavy atom. The second-order valence-corrected chi connectivity index (χ2v) is 5.94. The minimum atomic E-state index is -0.635. The molecule has 1 heterocycles. The van der Waals surface area contributed by atoms with Crippen LogP contribution in [0.4, 0.5) is 0 Å². The van der Waals surface area contributed by atoms with Gasteiger partial charge in [0.2, 0.25) is 0 Å². The van der Waals surface area contributed by atoms with Crippen molar-refractivity contribution in [2.75, 3.05) is 14.2 Å². The number of esters is 1. The number of likely N-dealkylation sites (N-methyl/N-ethyl adjacent to an activating group) is 1. The van der Waals surface area contributed by atoms with E-state index in [-0.39, 0.29) is 12.5 Å². The fourth-order valence-electron chi connectivity index (χ4n) is 2.43. The summed E-state index contributed by atoms with van der Waals surface area (Å²) in [7, 11) is 2.97. The predicted molar refractivity (Wildman–Crippen MR) is 92.5 cm³/mol. The highest BCUT2D eigenvalue weighted by Gasteiger charge is 2.22. The first kappa shape index (κ1) is 18.6. The van der Waals surface area contributed by atoms with Crippen LogP contribution in [0, 0.1) is 13.8 Å². The van der Waals surface area contributed by atoms with Gasteiger partial charge in [-0.3, -0.25) is 4.79 Å². The van der Waals surface area contributed by atoms with Gasteiger partial charge in [-0.05, 0) is 39.0 Å². The summed E-state index contributed by atoms with van der Waals surface area (Å²) in [6.07, 6.45) is -0.635. The molecule has 0 aliphatic carbocycles. The second-order valence-electron chi connectivity index (χ2n) is 5.94. The summed E-state index contributed by atoms with van der Waals surface area (Å²) in [5, 5.41) is 0. The van der Waals surface area contributed by atoms with Crippen LogP contribution in [0.5, 0.6) is 5.75 Å². The second kappa shape index (κ2) is 7.88. The molecule has 0 spiro atoms. The van der Waals surface area contributed by atoms with E-state index in [1.54, 1.807) is 27.0 Å². The van der Waals surface area contributed by atoms with E-state index in [2.05, 4.69) is 0 Å². The summed E-state index contributed by atoms with van der Waals surface area (Å²) in [5.41, 5.74) is 1.49. The molecule has 2 aromatic rings. The van der Waals surface area contributed by atoms with Gasteiger partial charge in [0.15, 0.2) is 6.10 Å². The highest BCUT2D eigenvalue weighted by Crippen LogP contribution is 2.18. The number of aryl methyl sites for hydroxylation is 2. The lowest BCUT2D eigenvalue weighted by Crippen LogP contribution is -2.37. The van der Waals surface area contributed by atoms with Gasteiger partial charge >= 0.3 is 5.97 Å². The van der Waals surface area contributed by atoms with Crippen LogP contribution < -0.4 is 4.74 Å². The number of hydrogen-bond donors (Lipinski definition) is 0. The molecule has 0 N–H and O–H groups in total. The highest BCUT2D eigenvalue weighted by atomic mass is 16.5. The topological polar surface area (TPSA) is 69.0 Å². The van der Waals surface area contributed by atoms with Crippen LogP contribution in [0.2, 0.25) is 0 Å². The van der Waals surface area contributed by atoms with Crippen molar-refractivity contribution in [1.29, 1.82) is 0 Å². The Bertz CT molecular complexity index is 748. The molecule has 6 nitrogen and oxygen atoms in total. The summed E-state index contributed by atoms with van der Waals surface area (Å²) >= 11 is 0. The van der Waals surface area contributed by atoms with E-state index in [1.807, 2.05) is 31.2 Å². The molecule has 134 valence electrons. The van der Waals surface area contributed by atoms with E-state index in [1.165, 1.54) is 12.0 Å². The van der Waals surface area contributed by atoms with Gasteiger partial charge in [0.1, 0.15) is 22.8 Å². The molecule has 1 amide bonds. The fourth-order valence-corrected chi connectivity index (χ4v) is 2.43. The van der Waals surface area contributed by atoms with Gasteiger partial charge in [0.25, 0.3) is 5.91 Å². The molecule has 1 aromatic heterocycles. The quantitative estimate of drug-likeness (QED) is 0.753. The Kier molecular flexibility index (Phi) is 5.85. The average Bonchev–Trinajstić information content (AvgIpc) is 2.95. The van der Waals surface area contributed by atoms with E-state index in [0.29, 0.717) is 22.8 Å². The van der Waals surface area contributed by atoms with Crippen LogP contribution in [-0.4, -0.2) is 37.0 Å². The number of rotatable bonds is 6. The monoisotopic (exact) mass is 345 g/mol. The van der Waals surface area contributed by atoms with Crippen LogP contribution in [0.1, 0.15) is 34.4 Å². The maximum absolute atomic E-state index is 12.5. The van der Waals surface area contributed by atoms with Crippen molar-refractivity contribution in [2.45, 2.75) is 33.4 Å². The Hall–Kier alpha value is -2.76. The number of benzene rings is 1. The lowest BCUT2D eigenvalue weighted by Gasteiger charge is -2.21. The molecular formula is C19H23NO5. The molecule has 0 aliphatic heterocycles. The van der Waals surface area contributed by atoms with E-state index >= 15 is 0 Å². The van der Waals surface area contributed by atoms with Gasteiger partial charge in [-0.1, -0.05) is 17.7 Å². The van der Waals surface area contributed by atoms with Gasteiger partial charge in [0.05, 0.1) is 13.7 Å². The summed E-state index contributed by atoms with van der Waals surface area (Å²) in [5.74, 6) is 0.969. The standard InChI is InChI=1S/C19H23NO5/c1-12-6-8-15(9-7-12)25-14(3)18(21)20(4)11-16-10-17(13(2)24-16)19(22)23-5/h6-10,14H,11H2,1-5H3. The Labute approximate surface area is 147 Å². The lowest BCUT2D eigenvalue weighted by molar-refractivity contribution is -0.137. The third-order valence-electron chi connectivity index (χ3n) is 3.82. The van der Waals surface area contributed by atoms with Crippen molar-refractivity contribution in [1.82, 2.24) is 4.90 Å². The van der Waals surface area contributed by atoms with E-state index in [9.17, 15) is 9.59 Å². The van der Waals surface area contributed by atoms with Crippen molar-refractivity contribution in [3.63, 3.8) is 0 Å². The van der Waals surface area contributed by atoms with Crippen molar-refractivity contribution in [2.24, 2.45) is 0 Å². The Balaban J connectivity index is 1.99. The first-order valence-electron chi connectivity index (χ1n) is 7.97. The van der Waals surface area contributed by atoms with Gasteiger partial charge < -0.3 is 18.8 Å². The molecule has 2 rings (SSSR count). The van der Waals surface area contributed by atoms with Crippen LogP contribution in [-0.2, 0) is 16.1 Å². The Morgan fingerprint density at radius 3 is 2.44 bits per heavy atom. The molecule has 25 heavy (non-hydrogen) atoms. The first-order chi connectivity index (χ1) is 11.8. The smallest absolute Gasteiger partial charge is 0.341 e. The van der Waals surface area contributed by atoms with Gasteiger partial charge in [-0.25, -0.2) is 4.79 Å². The molecule has 0 saturated heterocycles. The molecular weight excluding hydrogens is 322 g/mol. The summed E-state index contributed by atoms with van der Waals surface area (Å²) in [4.78, 5) is 25.6. The van der Waals surface area contributed by atoms with Crippen LogP contribution >= 0.6 is 0 Å². The zero-order valence-electron chi connectivity index (χ0n) is 15.2. The van der Waals surface area contributed by atoms with E-state index < -0.39 is 12.1 Å². The highest BCUT2D eigenvalue weighted by molar-refractivity contribution is 5.90. The van der Waals surface area contributed by atoms with Gasteiger partial charge in [-0.15, -0.1) is 0 Å². The zero-order valence-corrected chi connectivity index (χ0v) is 15.2. The molecule has 0 saturated carbocycles. The maximum atomic E-state index is 12.5. The number of carbonyl (C=O) groups excluding carboxylic acids is 2. The van der Waals surface area contributed by atoms with Crippen molar-refractivity contribution < 1.29 is 23.5 Å². The average molecular weight is 345 g/mol. The first-order valence-corrected chi connectivity index (χ1v) is 7.97. The molecule has 0 fully saturated rings. The molecule has 1 unspecified atom stereocenters. The lowest BCUT2D eigenvalue weighted by atomic mass is 10.2. The molecule has 1 atom stereocenters. The third-order valence-corrected chi connectivity index (χ3v) is 3.82. The number of amides is 1. The number of furan rings is 1. The maximum Gasteiger partial charge on any atom is 0.341 e. The summed E-state index contributed by atoms with van der Waals surface area (Å²) in [6, 6.07) is 9.11.